The Balaban J connectivity index is 1.72. The Hall–Kier alpha value is -3.39. The second-order valence-corrected chi connectivity index (χ2v) is 6.35. The number of aromatic nitrogens is 4. The minimum absolute atomic E-state index is 0.120. The molecule has 4 rings (SSSR count). The van der Waals surface area contributed by atoms with Crippen molar-refractivity contribution < 1.29 is 9.53 Å². The lowest BCUT2D eigenvalue weighted by Crippen LogP contribution is -2.20. The van der Waals surface area contributed by atoms with E-state index in [2.05, 4.69) is 10.2 Å². The number of nitrogen functional groups attached to an aromatic ring is 1. The van der Waals surface area contributed by atoms with Gasteiger partial charge < -0.3 is 10.5 Å². The smallest absolute Gasteiger partial charge is 0.338 e. The lowest BCUT2D eigenvalue weighted by Gasteiger charge is -2.08. The number of nitrogens with two attached hydrogens (primary N) is 1. The van der Waals surface area contributed by atoms with Gasteiger partial charge in [0, 0.05) is 7.05 Å². The molecular weight excluding hydrogens is 370 g/mol. The van der Waals surface area contributed by atoms with Crippen LogP contribution in [-0.4, -0.2) is 25.1 Å². The molecule has 0 saturated heterocycles. The molecule has 0 fully saturated rings. The highest BCUT2D eigenvalue weighted by Crippen LogP contribution is 2.20. The molecule has 0 aliphatic carbocycles. The molecule has 2 heterocycles. The monoisotopic (exact) mass is 383 g/mol. The van der Waals surface area contributed by atoms with E-state index in [1.54, 1.807) is 29.6 Å². The zero-order chi connectivity index (χ0) is 19.1. The summed E-state index contributed by atoms with van der Waals surface area (Å²) in [6.07, 6.45) is 0. The van der Waals surface area contributed by atoms with Gasteiger partial charge in [-0.3, -0.25) is 13.8 Å². The summed E-state index contributed by atoms with van der Waals surface area (Å²) in [5, 5.41) is 9.01. The van der Waals surface area contributed by atoms with Gasteiger partial charge in [-0.1, -0.05) is 23.7 Å². The van der Waals surface area contributed by atoms with Gasteiger partial charge in [0.15, 0.2) is 12.4 Å². The minimum atomic E-state index is -0.566. The van der Waals surface area contributed by atoms with Crippen molar-refractivity contribution in [3.05, 3.63) is 69.2 Å². The number of para-hydroxylation sites is 1. The van der Waals surface area contributed by atoms with Crippen LogP contribution < -0.4 is 11.3 Å². The number of hydrogen-bond acceptors (Lipinski definition) is 6. The van der Waals surface area contributed by atoms with E-state index in [0.717, 1.165) is 0 Å². The van der Waals surface area contributed by atoms with Crippen LogP contribution >= 0.6 is 11.6 Å². The molecule has 0 aliphatic heterocycles. The van der Waals surface area contributed by atoms with Crippen LogP contribution in [0.2, 0.25) is 5.02 Å². The number of esters is 1. The largest absolute Gasteiger partial charge is 0.454 e. The normalized spacial score (nSPS) is 11.2. The van der Waals surface area contributed by atoms with Crippen LogP contribution in [-0.2, 0) is 18.4 Å². The maximum absolute atomic E-state index is 12.4. The van der Waals surface area contributed by atoms with Crippen molar-refractivity contribution in [3.63, 3.8) is 0 Å². The highest BCUT2D eigenvalue weighted by Gasteiger charge is 2.16. The fraction of sp³-hybridized carbons (Fsp3) is 0.111. The standard InChI is InChI=1S/C18H14ClN5O3/c1-23-16(25)11-4-2-3-5-14(11)24-15(21-22-18(23)24)9-27-17(26)10-6-7-12(19)13(20)8-10/h2-8H,9,20H2,1H3. The summed E-state index contributed by atoms with van der Waals surface area (Å²) in [7, 11) is 1.62. The van der Waals surface area contributed by atoms with Gasteiger partial charge in [0.1, 0.15) is 0 Å². The maximum Gasteiger partial charge on any atom is 0.338 e. The summed E-state index contributed by atoms with van der Waals surface area (Å²) in [5.41, 5.74) is 6.76. The number of fused-ring (bicyclic) bond motifs is 3. The summed E-state index contributed by atoms with van der Waals surface area (Å²) in [6.45, 7) is -0.120. The van der Waals surface area contributed by atoms with Crippen LogP contribution in [0.25, 0.3) is 16.7 Å². The van der Waals surface area contributed by atoms with Crippen LogP contribution in [0.5, 0.6) is 0 Å². The molecule has 0 bridgehead atoms. The third kappa shape index (κ3) is 2.80. The number of hydrogen-bond donors (Lipinski definition) is 1. The van der Waals surface area contributed by atoms with E-state index in [1.807, 2.05) is 6.07 Å². The van der Waals surface area contributed by atoms with Gasteiger partial charge >= 0.3 is 5.97 Å². The van der Waals surface area contributed by atoms with Crippen molar-refractivity contribution in [2.45, 2.75) is 6.61 Å². The highest BCUT2D eigenvalue weighted by atomic mass is 35.5. The molecule has 0 unspecified atom stereocenters. The maximum atomic E-state index is 12.4. The Morgan fingerprint density at radius 2 is 2.00 bits per heavy atom. The number of rotatable bonds is 3. The first-order chi connectivity index (χ1) is 13.0. The minimum Gasteiger partial charge on any atom is -0.454 e. The van der Waals surface area contributed by atoms with Crippen molar-refractivity contribution in [2.75, 3.05) is 5.73 Å². The molecular formula is C18H14ClN5O3. The molecule has 2 N–H and O–H groups in total. The van der Waals surface area contributed by atoms with E-state index in [-0.39, 0.29) is 17.7 Å². The van der Waals surface area contributed by atoms with Gasteiger partial charge in [0.05, 0.1) is 27.2 Å². The molecule has 0 spiro atoms. The Kier molecular flexibility index (Phi) is 4.04. The molecule has 2 aromatic heterocycles. The number of carbonyl (C=O) groups is 1. The molecule has 0 amide bonds. The average Bonchev–Trinajstić information content (AvgIpc) is 3.10. The van der Waals surface area contributed by atoms with Crippen LogP contribution in [0.4, 0.5) is 5.69 Å². The third-order valence-corrected chi connectivity index (χ3v) is 4.60. The molecule has 0 radical (unpaired) electrons. The molecule has 8 nitrogen and oxygen atoms in total. The number of halogens is 1. The lowest BCUT2D eigenvalue weighted by atomic mass is 10.2. The number of anilines is 1. The zero-order valence-corrected chi connectivity index (χ0v) is 15.0. The van der Waals surface area contributed by atoms with Gasteiger partial charge in [0.2, 0.25) is 5.78 Å². The van der Waals surface area contributed by atoms with E-state index in [4.69, 9.17) is 22.1 Å². The Labute approximate surface area is 157 Å². The predicted octanol–water partition coefficient (Wildman–Crippen LogP) is 2.17. The molecule has 4 aromatic rings. The molecule has 0 saturated carbocycles. The Morgan fingerprint density at radius 1 is 1.22 bits per heavy atom. The predicted molar refractivity (Wildman–Crippen MR) is 101 cm³/mol. The van der Waals surface area contributed by atoms with E-state index < -0.39 is 5.97 Å². The summed E-state index contributed by atoms with van der Waals surface area (Å²) in [6, 6.07) is 11.6. The van der Waals surface area contributed by atoms with Crippen LogP contribution in [0.1, 0.15) is 16.2 Å². The van der Waals surface area contributed by atoms with Crippen LogP contribution in [0.15, 0.2) is 47.3 Å². The summed E-state index contributed by atoms with van der Waals surface area (Å²) < 4.78 is 8.44. The van der Waals surface area contributed by atoms with Gasteiger partial charge in [-0.15, -0.1) is 10.2 Å². The molecule has 136 valence electrons. The quantitative estimate of drug-likeness (QED) is 0.429. The number of nitrogens with zero attached hydrogens (tertiary/aromatic N) is 4. The first kappa shape index (κ1) is 17.0. The van der Waals surface area contributed by atoms with E-state index in [9.17, 15) is 9.59 Å². The van der Waals surface area contributed by atoms with Gasteiger partial charge in [-0.05, 0) is 30.3 Å². The summed E-state index contributed by atoms with van der Waals surface area (Å²) in [5.74, 6) is 0.191. The summed E-state index contributed by atoms with van der Waals surface area (Å²) in [4.78, 5) is 24.7. The third-order valence-electron chi connectivity index (χ3n) is 4.26. The van der Waals surface area contributed by atoms with Crippen molar-refractivity contribution >= 4 is 39.9 Å². The highest BCUT2D eigenvalue weighted by molar-refractivity contribution is 6.33. The van der Waals surface area contributed by atoms with Gasteiger partial charge in [0.25, 0.3) is 5.56 Å². The Bertz CT molecular complexity index is 1260. The summed E-state index contributed by atoms with van der Waals surface area (Å²) >= 11 is 5.87. The van der Waals surface area contributed by atoms with E-state index in [1.165, 1.54) is 22.8 Å². The first-order valence-electron chi connectivity index (χ1n) is 8.01. The van der Waals surface area contributed by atoms with Gasteiger partial charge in [-0.2, -0.15) is 0 Å². The number of benzene rings is 2. The first-order valence-corrected chi connectivity index (χ1v) is 8.39. The number of ether oxygens (including phenoxy) is 1. The molecule has 0 aliphatic rings. The van der Waals surface area contributed by atoms with E-state index >= 15 is 0 Å². The molecule has 2 aromatic carbocycles. The zero-order valence-electron chi connectivity index (χ0n) is 14.2. The number of aryl methyl sites for hydroxylation is 1. The van der Waals surface area contributed by atoms with Crippen LogP contribution in [0, 0.1) is 0 Å². The van der Waals surface area contributed by atoms with E-state index in [0.29, 0.717) is 33.2 Å². The lowest BCUT2D eigenvalue weighted by molar-refractivity contribution is 0.0461. The van der Waals surface area contributed by atoms with Crippen molar-refractivity contribution in [1.82, 2.24) is 19.2 Å². The van der Waals surface area contributed by atoms with Crippen molar-refractivity contribution in [2.24, 2.45) is 7.05 Å². The van der Waals surface area contributed by atoms with Crippen LogP contribution in [0.3, 0.4) is 0 Å². The van der Waals surface area contributed by atoms with Crippen molar-refractivity contribution in [3.8, 4) is 0 Å². The fourth-order valence-electron chi connectivity index (χ4n) is 2.87. The number of carbonyl (C=O) groups excluding carboxylic acids is 1. The SMILES string of the molecule is Cn1c(=O)c2ccccc2n2c(COC(=O)c3ccc(Cl)c(N)c3)nnc12. The fourth-order valence-corrected chi connectivity index (χ4v) is 2.99. The topological polar surface area (TPSA) is 105 Å². The molecule has 27 heavy (non-hydrogen) atoms. The molecule has 0 atom stereocenters. The van der Waals surface area contributed by atoms with Gasteiger partial charge in [-0.25, -0.2) is 4.79 Å². The molecule has 9 heteroatoms. The Morgan fingerprint density at radius 3 is 2.78 bits per heavy atom. The average molecular weight is 384 g/mol. The second-order valence-electron chi connectivity index (χ2n) is 5.95. The van der Waals surface area contributed by atoms with Crippen molar-refractivity contribution in [1.29, 1.82) is 0 Å². The second kappa shape index (κ2) is 6.40.